The van der Waals surface area contributed by atoms with Crippen molar-refractivity contribution in [2.24, 2.45) is 5.73 Å². The second-order valence-corrected chi connectivity index (χ2v) is 3.64. The van der Waals surface area contributed by atoms with Crippen molar-refractivity contribution in [1.82, 2.24) is 10.2 Å². The van der Waals surface area contributed by atoms with E-state index in [4.69, 9.17) is 12.2 Å². The molecule has 0 aliphatic carbocycles. The summed E-state index contributed by atoms with van der Waals surface area (Å²) in [5.41, 5.74) is 7.04. The Hall–Kier alpha value is -2.32. The van der Waals surface area contributed by atoms with Crippen LogP contribution in [0.25, 0.3) is 10.9 Å². The lowest BCUT2D eigenvalue weighted by Crippen LogP contribution is -2.35. The number of amides is 1. The number of terminal acetylenes is 1. The SMILES string of the molecule is C#CCC(N)C(=O)Nc1cccc2cn[nH]c12. The summed E-state index contributed by atoms with van der Waals surface area (Å²) in [6.07, 6.45) is 7.01. The molecule has 5 nitrogen and oxygen atoms in total. The van der Waals surface area contributed by atoms with E-state index in [1.165, 1.54) is 0 Å². The van der Waals surface area contributed by atoms with Crippen molar-refractivity contribution >= 4 is 22.5 Å². The second-order valence-electron chi connectivity index (χ2n) is 3.64. The van der Waals surface area contributed by atoms with Crippen molar-refractivity contribution in [3.05, 3.63) is 24.4 Å². The number of fused-ring (bicyclic) bond motifs is 1. The van der Waals surface area contributed by atoms with Crippen LogP contribution >= 0.6 is 0 Å². The second kappa shape index (κ2) is 4.68. The van der Waals surface area contributed by atoms with Gasteiger partial charge in [-0.25, -0.2) is 0 Å². The van der Waals surface area contributed by atoms with E-state index in [-0.39, 0.29) is 12.3 Å². The fraction of sp³-hybridized carbons (Fsp3) is 0.167. The van der Waals surface area contributed by atoms with Gasteiger partial charge in [0.2, 0.25) is 5.91 Å². The lowest BCUT2D eigenvalue weighted by molar-refractivity contribution is -0.117. The van der Waals surface area contributed by atoms with Gasteiger partial charge in [-0.05, 0) is 6.07 Å². The molecule has 1 unspecified atom stereocenters. The van der Waals surface area contributed by atoms with Gasteiger partial charge in [-0.3, -0.25) is 9.89 Å². The molecule has 0 radical (unpaired) electrons. The number of anilines is 1. The topological polar surface area (TPSA) is 83.8 Å². The fourth-order valence-corrected chi connectivity index (χ4v) is 1.52. The molecule has 5 heteroatoms. The van der Waals surface area contributed by atoms with E-state index in [1.54, 1.807) is 12.3 Å². The Bertz CT molecular complexity index is 581. The predicted molar refractivity (Wildman–Crippen MR) is 66.1 cm³/mol. The Morgan fingerprint density at radius 3 is 3.24 bits per heavy atom. The number of para-hydroxylation sites is 1. The third-order valence-electron chi connectivity index (χ3n) is 2.41. The normalized spacial score (nSPS) is 12.0. The summed E-state index contributed by atoms with van der Waals surface area (Å²) in [5, 5.41) is 10.4. The molecular weight excluding hydrogens is 216 g/mol. The maximum absolute atomic E-state index is 11.7. The van der Waals surface area contributed by atoms with E-state index in [0.29, 0.717) is 5.69 Å². The number of H-pyrrole nitrogens is 1. The van der Waals surface area contributed by atoms with Crippen molar-refractivity contribution in [2.45, 2.75) is 12.5 Å². The van der Waals surface area contributed by atoms with Crippen LogP contribution < -0.4 is 11.1 Å². The number of benzene rings is 1. The third kappa shape index (κ3) is 2.27. The highest BCUT2D eigenvalue weighted by molar-refractivity contribution is 6.02. The van der Waals surface area contributed by atoms with Gasteiger partial charge in [-0.2, -0.15) is 5.10 Å². The summed E-state index contributed by atoms with van der Waals surface area (Å²) >= 11 is 0. The molecule has 1 aromatic heterocycles. The number of hydrogen-bond donors (Lipinski definition) is 3. The van der Waals surface area contributed by atoms with E-state index in [9.17, 15) is 4.79 Å². The minimum atomic E-state index is -0.696. The minimum absolute atomic E-state index is 0.213. The average molecular weight is 228 g/mol. The summed E-state index contributed by atoms with van der Waals surface area (Å²) in [5.74, 6) is 2.06. The number of carbonyl (C=O) groups is 1. The first-order chi connectivity index (χ1) is 8.22. The van der Waals surface area contributed by atoms with Crippen LogP contribution in [-0.4, -0.2) is 22.1 Å². The standard InChI is InChI=1S/C12H12N4O/c1-2-4-9(13)12(17)15-10-6-3-5-8-7-14-16-11(8)10/h1,3,5-7,9H,4,13H2,(H,14,16)(H,15,17). The number of nitrogens with one attached hydrogen (secondary N) is 2. The smallest absolute Gasteiger partial charge is 0.242 e. The molecular formula is C12H12N4O. The lowest BCUT2D eigenvalue weighted by Gasteiger charge is -2.10. The van der Waals surface area contributed by atoms with Crippen molar-refractivity contribution in [3.63, 3.8) is 0 Å². The van der Waals surface area contributed by atoms with Crippen LogP contribution in [0.2, 0.25) is 0 Å². The number of aromatic nitrogens is 2. The predicted octanol–water partition coefficient (Wildman–Crippen LogP) is 0.852. The van der Waals surface area contributed by atoms with Gasteiger partial charge in [0.1, 0.15) is 0 Å². The minimum Gasteiger partial charge on any atom is -0.323 e. The molecule has 0 aliphatic rings. The van der Waals surface area contributed by atoms with E-state index in [2.05, 4.69) is 21.4 Å². The number of carbonyl (C=O) groups excluding carboxylic acids is 1. The molecule has 1 heterocycles. The molecule has 0 aliphatic heterocycles. The summed E-state index contributed by atoms with van der Waals surface area (Å²) < 4.78 is 0. The van der Waals surface area contributed by atoms with Crippen molar-refractivity contribution in [2.75, 3.05) is 5.32 Å². The van der Waals surface area contributed by atoms with E-state index in [1.807, 2.05) is 12.1 Å². The molecule has 2 rings (SSSR count). The molecule has 0 saturated carbocycles. The highest BCUT2D eigenvalue weighted by Crippen LogP contribution is 2.20. The van der Waals surface area contributed by atoms with Gasteiger partial charge in [0, 0.05) is 11.8 Å². The van der Waals surface area contributed by atoms with Crippen LogP contribution in [0.3, 0.4) is 0 Å². The molecule has 0 bridgehead atoms. The maximum atomic E-state index is 11.7. The van der Waals surface area contributed by atoms with Gasteiger partial charge in [0.15, 0.2) is 0 Å². The number of rotatable bonds is 3. The molecule has 86 valence electrons. The van der Waals surface area contributed by atoms with Crippen LogP contribution in [0, 0.1) is 12.3 Å². The Morgan fingerprint density at radius 2 is 2.47 bits per heavy atom. The Morgan fingerprint density at radius 1 is 1.65 bits per heavy atom. The molecule has 2 aromatic rings. The summed E-state index contributed by atoms with van der Waals surface area (Å²) in [7, 11) is 0. The van der Waals surface area contributed by atoms with Crippen LogP contribution in [0.5, 0.6) is 0 Å². The van der Waals surface area contributed by atoms with E-state index < -0.39 is 6.04 Å². The zero-order valence-electron chi connectivity index (χ0n) is 9.10. The number of hydrogen-bond acceptors (Lipinski definition) is 3. The van der Waals surface area contributed by atoms with Gasteiger partial charge >= 0.3 is 0 Å². The van der Waals surface area contributed by atoms with Crippen LogP contribution in [-0.2, 0) is 4.79 Å². The summed E-state index contributed by atoms with van der Waals surface area (Å²) in [4.78, 5) is 11.7. The van der Waals surface area contributed by atoms with Gasteiger partial charge in [-0.1, -0.05) is 12.1 Å². The zero-order valence-corrected chi connectivity index (χ0v) is 9.10. The monoisotopic (exact) mass is 228 g/mol. The molecule has 1 amide bonds. The highest BCUT2D eigenvalue weighted by Gasteiger charge is 2.13. The maximum Gasteiger partial charge on any atom is 0.242 e. The van der Waals surface area contributed by atoms with Gasteiger partial charge in [0.25, 0.3) is 0 Å². The van der Waals surface area contributed by atoms with Gasteiger partial charge in [0.05, 0.1) is 23.4 Å². The first kappa shape index (κ1) is 11.2. The first-order valence-corrected chi connectivity index (χ1v) is 5.14. The highest BCUT2D eigenvalue weighted by atomic mass is 16.2. The van der Waals surface area contributed by atoms with E-state index in [0.717, 1.165) is 10.9 Å². The lowest BCUT2D eigenvalue weighted by atomic mass is 10.2. The first-order valence-electron chi connectivity index (χ1n) is 5.14. The van der Waals surface area contributed by atoms with Crippen LogP contribution in [0.1, 0.15) is 6.42 Å². The largest absolute Gasteiger partial charge is 0.323 e. The van der Waals surface area contributed by atoms with Gasteiger partial charge in [-0.15, -0.1) is 12.3 Å². The van der Waals surface area contributed by atoms with Crippen molar-refractivity contribution in [1.29, 1.82) is 0 Å². The van der Waals surface area contributed by atoms with Crippen LogP contribution in [0.15, 0.2) is 24.4 Å². The molecule has 1 atom stereocenters. The number of nitrogens with zero attached hydrogens (tertiary/aromatic N) is 1. The van der Waals surface area contributed by atoms with Crippen molar-refractivity contribution < 1.29 is 4.79 Å². The third-order valence-corrected chi connectivity index (χ3v) is 2.41. The fourth-order valence-electron chi connectivity index (χ4n) is 1.52. The Labute approximate surface area is 98.4 Å². The average Bonchev–Trinajstić information content (AvgIpc) is 2.78. The molecule has 1 aromatic carbocycles. The Balaban J connectivity index is 2.21. The van der Waals surface area contributed by atoms with Gasteiger partial charge < -0.3 is 11.1 Å². The number of nitrogens with two attached hydrogens (primary N) is 1. The van der Waals surface area contributed by atoms with E-state index >= 15 is 0 Å². The molecule has 17 heavy (non-hydrogen) atoms. The molecule has 4 N–H and O–H groups in total. The zero-order chi connectivity index (χ0) is 12.3. The summed E-state index contributed by atoms with van der Waals surface area (Å²) in [6, 6.07) is 4.81. The molecule has 0 fully saturated rings. The number of aromatic amines is 1. The van der Waals surface area contributed by atoms with Crippen molar-refractivity contribution in [3.8, 4) is 12.3 Å². The van der Waals surface area contributed by atoms with Crippen LogP contribution in [0.4, 0.5) is 5.69 Å². The quantitative estimate of drug-likeness (QED) is 0.681. The molecule has 0 saturated heterocycles. The Kier molecular flexibility index (Phi) is 3.08. The molecule has 0 spiro atoms. The summed E-state index contributed by atoms with van der Waals surface area (Å²) in [6.45, 7) is 0.